The first-order valence-electron chi connectivity index (χ1n) is 8.07. The predicted molar refractivity (Wildman–Crippen MR) is 102 cm³/mol. The lowest BCUT2D eigenvalue weighted by Crippen LogP contribution is -2.27. The molecular formula is C19H14ClN3O4. The minimum absolute atomic E-state index is 0.117. The summed E-state index contributed by atoms with van der Waals surface area (Å²) in [5.41, 5.74) is 1.16. The van der Waals surface area contributed by atoms with E-state index in [0.29, 0.717) is 27.6 Å². The molecule has 27 heavy (non-hydrogen) atoms. The molecule has 1 amide bonds. The Labute approximate surface area is 158 Å². The summed E-state index contributed by atoms with van der Waals surface area (Å²) >= 11 is 5.96. The summed E-state index contributed by atoms with van der Waals surface area (Å²) in [6, 6.07) is 12.1. The topological polar surface area (TPSA) is 86.4 Å². The fourth-order valence-electron chi connectivity index (χ4n) is 2.85. The number of amides is 1. The van der Waals surface area contributed by atoms with E-state index < -0.39 is 11.5 Å². The maximum atomic E-state index is 12.7. The number of hydrogen-bond acceptors (Lipinski definition) is 5. The summed E-state index contributed by atoms with van der Waals surface area (Å²) < 4.78 is 12.0. The van der Waals surface area contributed by atoms with Crippen LogP contribution < -0.4 is 15.6 Å². The van der Waals surface area contributed by atoms with Crippen LogP contribution in [-0.4, -0.2) is 22.6 Å². The molecule has 0 aliphatic carbocycles. The number of fused-ring (bicyclic) bond motifs is 3. The molecule has 4 rings (SSSR count). The maximum Gasteiger partial charge on any atom is 0.297 e. The van der Waals surface area contributed by atoms with Gasteiger partial charge in [-0.2, -0.15) is 0 Å². The van der Waals surface area contributed by atoms with Crippen molar-refractivity contribution in [1.29, 1.82) is 0 Å². The molecule has 0 fully saturated rings. The monoisotopic (exact) mass is 383 g/mol. The molecule has 0 radical (unpaired) electrons. The average Bonchev–Trinajstić information content (AvgIpc) is 3.04. The van der Waals surface area contributed by atoms with Gasteiger partial charge in [-0.15, -0.1) is 0 Å². The number of benzene rings is 2. The first kappa shape index (κ1) is 17.1. The van der Waals surface area contributed by atoms with Crippen molar-refractivity contribution < 1.29 is 13.9 Å². The van der Waals surface area contributed by atoms with Crippen LogP contribution in [0.3, 0.4) is 0 Å². The van der Waals surface area contributed by atoms with E-state index in [1.54, 1.807) is 24.3 Å². The van der Waals surface area contributed by atoms with Crippen LogP contribution in [0.2, 0.25) is 5.02 Å². The minimum Gasteiger partial charge on any atom is -0.495 e. The number of nitrogens with zero attached hydrogens (tertiary/aromatic N) is 2. The Bertz CT molecular complexity index is 1230. The number of para-hydroxylation sites is 1. The average molecular weight is 384 g/mol. The molecule has 8 heteroatoms. The van der Waals surface area contributed by atoms with Crippen LogP contribution in [0.1, 0.15) is 0 Å². The van der Waals surface area contributed by atoms with Gasteiger partial charge in [0.05, 0.1) is 19.1 Å². The summed E-state index contributed by atoms with van der Waals surface area (Å²) in [5, 5.41) is 3.89. The summed E-state index contributed by atoms with van der Waals surface area (Å²) in [6.07, 6.45) is 1.33. The zero-order valence-corrected chi connectivity index (χ0v) is 15.0. The van der Waals surface area contributed by atoms with Crippen molar-refractivity contribution in [3.8, 4) is 5.75 Å². The number of aromatic nitrogens is 2. The van der Waals surface area contributed by atoms with Crippen LogP contribution >= 0.6 is 11.6 Å². The molecule has 0 saturated heterocycles. The van der Waals surface area contributed by atoms with E-state index in [9.17, 15) is 9.59 Å². The molecule has 2 heterocycles. The molecule has 7 nitrogen and oxygen atoms in total. The van der Waals surface area contributed by atoms with E-state index in [2.05, 4.69) is 10.3 Å². The third kappa shape index (κ3) is 3.13. The van der Waals surface area contributed by atoms with Crippen molar-refractivity contribution in [3.05, 3.63) is 64.2 Å². The molecule has 0 spiro atoms. The number of halogens is 1. The van der Waals surface area contributed by atoms with Crippen LogP contribution in [0.25, 0.3) is 22.1 Å². The van der Waals surface area contributed by atoms with Gasteiger partial charge in [0.2, 0.25) is 11.5 Å². The number of nitrogens with one attached hydrogen (secondary N) is 1. The number of carbonyl (C=O) groups excluding carboxylic acids is 1. The highest BCUT2D eigenvalue weighted by molar-refractivity contribution is 6.31. The highest BCUT2D eigenvalue weighted by Gasteiger charge is 2.15. The SMILES string of the molecule is COc1ccc(Cl)cc1NC(=O)Cn1cnc2c(oc3ccccc32)c1=O. The van der Waals surface area contributed by atoms with E-state index in [4.69, 9.17) is 20.8 Å². The zero-order valence-electron chi connectivity index (χ0n) is 14.2. The number of furan rings is 1. The summed E-state index contributed by atoms with van der Waals surface area (Å²) in [4.78, 5) is 29.3. The van der Waals surface area contributed by atoms with Crippen molar-refractivity contribution in [2.75, 3.05) is 12.4 Å². The minimum atomic E-state index is -0.426. The highest BCUT2D eigenvalue weighted by atomic mass is 35.5. The van der Waals surface area contributed by atoms with E-state index >= 15 is 0 Å². The molecule has 0 aliphatic rings. The Balaban J connectivity index is 1.64. The molecule has 4 aromatic rings. The summed E-state index contributed by atoms with van der Waals surface area (Å²) in [7, 11) is 1.49. The number of ether oxygens (including phenoxy) is 1. The Morgan fingerprint density at radius 1 is 1.30 bits per heavy atom. The van der Waals surface area contributed by atoms with E-state index in [1.807, 2.05) is 18.2 Å². The lowest BCUT2D eigenvalue weighted by atomic mass is 10.2. The largest absolute Gasteiger partial charge is 0.495 e. The van der Waals surface area contributed by atoms with Gasteiger partial charge >= 0.3 is 0 Å². The zero-order chi connectivity index (χ0) is 19.0. The lowest BCUT2D eigenvalue weighted by Gasteiger charge is -2.11. The van der Waals surface area contributed by atoms with Gasteiger partial charge in [-0.05, 0) is 30.3 Å². The maximum absolute atomic E-state index is 12.7. The Morgan fingerprint density at radius 2 is 2.11 bits per heavy atom. The second-order valence-corrected chi connectivity index (χ2v) is 6.28. The normalized spacial score (nSPS) is 11.0. The van der Waals surface area contributed by atoms with Gasteiger partial charge in [-0.3, -0.25) is 14.2 Å². The number of carbonyl (C=O) groups is 1. The van der Waals surface area contributed by atoms with Crippen LogP contribution in [0.4, 0.5) is 5.69 Å². The van der Waals surface area contributed by atoms with Gasteiger partial charge in [0.25, 0.3) is 5.56 Å². The first-order valence-corrected chi connectivity index (χ1v) is 8.44. The second kappa shape index (κ2) is 6.77. The van der Waals surface area contributed by atoms with Gasteiger partial charge in [-0.25, -0.2) is 4.98 Å². The number of methoxy groups -OCH3 is 1. The van der Waals surface area contributed by atoms with E-state index in [0.717, 1.165) is 5.39 Å². The van der Waals surface area contributed by atoms with E-state index in [-0.39, 0.29) is 12.1 Å². The molecule has 0 atom stereocenters. The van der Waals surface area contributed by atoms with E-state index in [1.165, 1.54) is 18.0 Å². The van der Waals surface area contributed by atoms with Crippen LogP contribution in [0.15, 0.2) is 58.0 Å². The number of rotatable bonds is 4. The molecule has 136 valence electrons. The van der Waals surface area contributed by atoms with Crippen molar-refractivity contribution in [3.63, 3.8) is 0 Å². The molecule has 0 unspecified atom stereocenters. The van der Waals surface area contributed by atoms with Crippen molar-refractivity contribution >= 4 is 45.3 Å². The van der Waals surface area contributed by atoms with Gasteiger partial charge in [0.1, 0.15) is 23.4 Å². The standard InChI is InChI=1S/C19H14ClN3O4/c1-26-15-7-6-11(20)8-13(15)22-16(24)9-23-10-21-17-12-4-2-3-5-14(12)27-18(17)19(23)25/h2-8,10H,9H2,1H3,(H,22,24). The first-order chi connectivity index (χ1) is 13.1. The van der Waals surface area contributed by atoms with Crippen molar-refractivity contribution in [2.45, 2.75) is 6.54 Å². The van der Waals surface area contributed by atoms with Gasteiger partial charge < -0.3 is 14.5 Å². The molecular weight excluding hydrogens is 370 g/mol. The summed E-state index contributed by atoms with van der Waals surface area (Å²) in [6.45, 7) is -0.228. The highest BCUT2D eigenvalue weighted by Crippen LogP contribution is 2.28. The lowest BCUT2D eigenvalue weighted by molar-refractivity contribution is -0.116. The Morgan fingerprint density at radius 3 is 2.93 bits per heavy atom. The van der Waals surface area contributed by atoms with Gasteiger partial charge in [0.15, 0.2) is 0 Å². The fraction of sp³-hybridized carbons (Fsp3) is 0.105. The molecule has 2 aromatic carbocycles. The molecule has 0 aliphatic heterocycles. The van der Waals surface area contributed by atoms with Crippen molar-refractivity contribution in [2.24, 2.45) is 0 Å². The molecule has 0 bridgehead atoms. The predicted octanol–water partition coefficient (Wildman–Crippen LogP) is 3.44. The molecule has 1 N–H and O–H groups in total. The fourth-order valence-corrected chi connectivity index (χ4v) is 3.02. The molecule has 2 aromatic heterocycles. The third-order valence-corrected chi connectivity index (χ3v) is 4.34. The van der Waals surface area contributed by atoms with Crippen LogP contribution in [0, 0.1) is 0 Å². The smallest absolute Gasteiger partial charge is 0.297 e. The third-order valence-electron chi connectivity index (χ3n) is 4.10. The van der Waals surface area contributed by atoms with Crippen LogP contribution in [0.5, 0.6) is 5.75 Å². The second-order valence-electron chi connectivity index (χ2n) is 5.85. The van der Waals surface area contributed by atoms with Gasteiger partial charge in [0, 0.05) is 10.4 Å². The summed E-state index contributed by atoms with van der Waals surface area (Å²) in [5.74, 6) is 0.0425. The number of hydrogen-bond donors (Lipinski definition) is 1. The quantitative estimate of drug-likeness (QED) is 0.583. The molecule has 0 saturated carbocycles. The van der Waals surface area contributed by atoms with Crippen LogP contribution in [-0.2, 0) is 11.3 Å². The Kier molecular flexibility index (Phi) is 4.29. The van der Waals surface area contributed by atoms with Crippen molar-refractivity contribution in [1.82, 2.24) is 9.55 Å². The van der Waals surface area contributed by atoms with Gasteiger partial charge in [-0.1, -0.05) is 23.7 Å². The number of anilines is 1. The Hall–Kier alpha value is -3.32.